The van der Waals surface area contributed by atoms with E-state index in [0.29, 0.717) is 18.9 Å². The second-order valence-electron chi connectivity index (χ2n) is 9.32. The van der Waals surface area contributed by atoms with Crippen LogP contribution in [-0.4, -0.2) is 40.2 Å². The molecular weight excluding hydrogens is 402 g/mol. The fourth-order valence-electron chi connectivity index (χ4n) is 5.38. The third-order valence-electron chi connectivity index (χ3n) is 7.56. The molecule has 2 fully saturated rings. The average molecular weight is 432 g/mol. The third-order valence-corrected chi connectivity index (χ3v) is 7.56. The van der Waals surface area contributed by atoms with Crippen LogP contribution in [0.3, 0.4) is 0 Å². The molecule has 2 aromatic rings. The van der Waals surface area contributed by atoms with Gasteiger partial charge in [-0.05, 0) is 55.2 Å². The van der Waals surface area contributed by atoms with Gasteiger partial charge in [-0.25, -0.2) is 4.79 Å². The predicted octanol–water partition coefficient (Wildman–Crippen LogP) is 3.60. The summed E-state index contributed by atoms with van der Waals surface area (Å²) in [5.41, 5.74) is 1.96. The average Bonchev–Trinajstić information content (AvgIpc) is 3.24. The Morgan fingerprint density at radius 3 is 2.56 bits per heavy atom. The summed E-state index contributed by atoms with van der Waals surface area (Å²) in [7, 11) is 0. The highest BCUT2D eigenvalue weighted by Gasteiger charge is 2.55. The number of carbonyl (C=O) groups excluding carboxylic acids is 3. The van der Waals surface area contributed by atoms with Gasteiger partial charge in [0, 0.05) is 12.6 Å². The molecule has 2 atom stereocenters. The molecule has 1 aliphatic heterocycles. The molecule has 32 heavy (non-hydrogen) atoms. The van der Waals surface area contributed by atoms with Crippen molar-refractivity contribution in [3.8, 4) is 0 Å². The van der Waals surface area contributed by atoms with Gasteiger partial charge in [-0.2, -0.15) is 0 Å². The maximum atomic E-state index is 13.5. The van der Waals surface area contributed by atoms with Crippen molar-refractivity contribution in [1.82, 2.24) is 15.1 Å². The van der Waals surface area contributed by atoms with E-state index in [1.807, 2.05) is 59.5 Å². The van der Waals surface area contributed by atoms with Gasteiger partial charge in [0.05, 0.1) is 0 Å². The van der Waals surface area contributed by atoms with Crippen LogP contribution in [0.4, 0.5) is 4.79 Å². The molecule has 2 aliphatic carbocycles. The minimum atomic E-state index is -1.03. The minimum Gasteiger partial charge on any atom is -0.334 e. The summed E-state index contributed by atoms with van der Waals surface area (Å²) in [4.78, 5) is 42.8. The van der Waals surface area contributed by atoms with Crippen LogP contribution in [0.1, 0.15) is 49.3 Å². The second-order valence-corrected chi connectivity index (χ2v) is 9.32. The summed E-state index contributed by atoms with van der Waals surface area (Å²) in [6, 6.07) is 17.2. The monoisotopic (exact) mass is 431 g/mol. The molecule has 0 radical (unpaired) electrons. The van der Waals surface area contributed by atoms with Gasteiger partial charge < -0.3 is 10.2 Å². The van der Waals surface area contributed by atoms with E-state index < -0.39 is 11.6 Å². The summed E-state index contributed by atoms with van der Waals surface area (Å²) in [6.07, 6.45) is 4.69. The summed E-state index contributed by atoms with van der Waals surface area (Å²) in [5, 5.41) is 2.92. The predicted molar refractivity (Wildman–Crippen MR) is 120 cm³/mol. The first-order chi connectivity index (χ1) is 15.5. The number of aryl methyl sites for hydroxylation is 1. The number of hydrogen-bond donors (Lipinski definition) is 1. The molecule has 1 spiro atoms. The molecule has 6 nitrogen and oxygen atoms in total. The van der Waals surface area contributed by atoms with Gasteiger partial charge in [0.1, 0.15) is 12.1 Å². The second kappa shape index (κ2) is 8.08. The lowest BCUT2D eigenvalue weighted by Crippen LogP contribution is -2.49. The van der Waals surface area contributed by atoms with Gasteiger partial charge in [-0.15, -0.1) is 0 Å². The van der Waals surface area contributed by atoms with Gasteiger partial charge in [0.15, 0.2) is 0 Å². The molecule has 1 heterocycles. The van der Waals surface area contributed by atoms with Gasteiger partial charge in [0.25, 0.3) is 5.91 Å². The van der Waals surface area contributed by atoms with Crippen molar-refractivity contribution >= 4 is 17.8 Å². The van der Waals surface area contributed by atoms with E-state index in [9.17, 15) is 14.4 Å². The van der Waals surface area contributed by atoms with Crippen LogP contribution in [-0.2, 0) is 28.1 Å². The molecule has 166 valence electrons. The molecule has 1 N–H and O–H groups in total. The molecule has 6 heteroatoms. The van der Waals surface area contributed by atoms with E-state index in [1.165, 1.54) is 6.42 Å². The molecule has 0 bridgehead atoms. The zero-order chi connectivity index (χ0) is 22.3. The van der Waals surface area contributed by atoms with E-state index in [1.54, 1.807) is 0 Å². The van der Waals surface area contributed by atoms with Crippen molar-refractivity contribution in [2.24, 2.45) is 5.92 Å². The Morgan fingerprint density at radius 1 is 1.12 bits per heavy atom. The topological polar surface area (TPSA) is 69.7 Å². The molecular formula is C26H29N3O3. The number of urea groups is 1. The van der Waals surface area contributed by atoms with Crippen molar-refractivity contribution in [3.05, 3.63) is 71.3 Å². The first-order valence-electron chi connectivity index (χ1n) is 11.6. The van der Waals surface area contributed by atoms with Crippen LogP contribution < -0.4 is 5.32 Å². The summed E-state index contributed by atoms with van der Waals surface area (Å²) in [5.74, 6) is -0.0179. The van der Waals surface area contributed by atoms with Crippen LogP contribution in [0.25, 0.3) is 0 Å². The number of nitrogens with one attached hydrogen (secondary N) is 1. The molecule has 0 aromatic heterocycles. The van der Waals surface area contributed by atoms with Gasteiger partial charge >= 0.3 is 6.03 Å². The fourth-order valence-corrected chi connectivity index (χ4v) is 5.38. The van der Waals surface area contributed by atoms with Gasteiger partial charge in [-0.1, -0.05) is 61.0 Å². The zero-order valence-electron chi connectivity index (χ0n) is 18.4. The molecule has 5 rings (SSSR count). The molecule has 0 unspecified atom stereocenters. The number of carbonyl (C=O) groups is 3. The van der Waals surface area contributed by atoms with Gasteiger partial charge in [-0.3, -0.25) is 14.5 Å². The number of amides is 4. The number of nitrogens with zero attached hydrogens (tertiary/aromatic N) is 2. The Morgan fingerprint density at radius 2 is 1.84 bits per heavy atom. The Hall–Kier alpha value is -3.15. The quantitative estimate of drug-likeness (QED) is 0.711. The lowest BCUT2D eigenvalue weighted by molar-refractivity contribution is -0.142. The van der Waals surface area contributed by atoms with Gasteiger partial charge in [0.2, 0.25) is 5.91 Å². The lowest BCUT2D eigenvalue weighted by Gasteiger charge is -2.39. The maximum absolute atomic E-state index is 13.5. The highest BCUT2D eigenvalue weighted by molar-refractivity contribution is 6.09. The molecule has 3 aliphatic rings. The van der Waals surface area contributed by atoms with Crippen molar-refractivity contribution in [3.63, 3.8) is 0 Å². The zero-order valence-corrected chi connectivity index (χ0v) is 18.4. The normalized spacial score (nSPS) is 23.1. The fraction of sp³-hybridized carbons (Fsp3) is 0.423. The Balaban J connectivity index is 1.37. The number of benzene rings is 2. The van der Waals surface area contributed by atoms with E-state index in [2.05, 4.69) is 12.2 Å². The number of rotatable bonds is 6. The van der Waals surface area contributed by atoms with E-state index in [-0.39, 0.29) is 24.4 Å². The summed E-state index contributed by atoms with van der Waals surface area (Å²) in [6.45, 7) is 2.35. The summed E-state index contributed by atoms with van der Waals surface area (Å²) < 4.78 is 0. The lowest BCUT2D eigenvalue weighted by atomic mass is 9.79. The van der Waals surface area contributed by atoms with Crippen LogP contribution >= 0.6 is 0 Å². The van der Waals surface area contributed by atoms with Crippen LogP contribution in [0.5, 0.6) is 0 Å². The smallest absolute Gasteiger partial charge is 0.325 e. The van der Waals surface area contributed by atoms with Crippen LogP contribution in [0.15, 0.2) is 54.6 Å². The van der Waals surface area contributed by atoms with E-state index in [4.69, 9.17) is 0 Å². The first-order valence-corrected chi connectivity index (χ1v) is 11.6. The molecule has 4 amide bonds. The Kier molecular flexibility index (Phi) is 5.24. The van der Waals surface area contributed by atoms with Crippen molar-refractivity contribution < 1.29 is 14.4 Å². The molecule has 1 saturated heterocycles. The minimum absolute atomic E-state index is 0.0680. The van der Waals surface area contributed by atoms with Crippen molar-refractivity contribution in [2.75, 3.05) is 6.54 Å². The summed E-state index contributed by atoms with van der Waals surface area (Å²) >= 11 is 0. The Labute approximate surface area is 188 Å². The number of hydrogen-bond acceptors (Lipinski definition) is 3. The van der Waals surface area contributed by atoms with Crippen LogP contribution in [0.2, 0.25) is 0 Å². The largest absolute Gasteiger partial charge is 0.334 e. The standard InChI is InChI=1S/C26H29N3O3/c1-18(20-11-7-12-20)28(16-19-8-3-2-4-9-19)23(30)17-29-24(31)26(27-25(29)32)15-14-21-10-5-6-13-22(21)26/h2-6,8-10,13,18,20H,7,11-12,14-17H2,1H3,(H,27,32)/t18-,26-/m0/s1. The third kappa shape index (κ3) is 3.38. The molecule has 2 aromatic carbocycles. The molecule has 1 saturated carbocycles. The number of imide groups is 1. The van der Waals surface area contributed by atoms with Crippen molar-refractivity contribution in [2.45, 2.75) is 57.2 Å². The highest BCUT2D eigenvalue weighted by Crippen LogP contribution is 2.41. The maximum Gasteiger partial charge on any atom is 0.325 e. The van der Waals surface area contributed by atoms with Crippen molar-refractivity contribution in [1.29, 1.82) is 0 Å². The van der Waals surface area contributed by atoms with E-state index >= 15 is 0 Å². The number of fused-ring (bicyclic) bond motifs is 2. The SMILES string of the molecule is C[C@@H](C1CCC1)N(Cc1ccccc1)C(=O)CN1C(=O)N[C@]2(CCc3ccccc32)C1=O. The first kappa shape index (κ1) is 20.7. The van der Waals surface area contributed by atoms with Crippen LogP contribution in [0, 0.1) is 5.92 Å². The highest BCUT2D eigenvalue weighted by atomic mass is 16.2. The van der Waals surface area contributed by atoms with E-state index in [0.717, 1.165) is 40.9 Å². The Bertz CT molecular complexity index is 1050.